The normalized spacial score (nSPS) is 20.7. The van der Waals surface area contributed by atoms with E-state index in [4.69, 9.17) is 4.98 Å². The third kappa shape index (κ3) is 3.54. The van der Waals surface area contributed by atoms with Crippen LogP contribution in [-0.2, 0) is 16.4 Å². The molecule has 0 radical (unpaired) electrons. The zero-order valence-electron chi connectivity index (χ0n) is 17.0. The molecule has 1 saturated carbocycles. The molecule has 5 rings (SSSR count). The maximum Gasteiger partial charge on any atom is 0.254 e. The Morgan fingerprint density at radius 3 is 2.77 bits per heavy atom. The van der Waals surface area contributed by atoms with E-state index in [-0.39, 0.29) is 23.5 Å². The van der Waals surface area contributed by atoms with Crippen LogP contribution in [0.4, 0.5) is 0 Å². The van der Waals surface area contributed by atoms with Crippen molar-refractivity contribution in [2.24, 2.45) is 0 Å². The van der Waals surface area contributed by atoms with Crippen LogP contribution in [0.1, 0.15) is 57.8 Å². The van der Waals surface area contributed by atoms with Gasteiger partial charge in [-0.25, -0.2) is 18.1 Å². The molecule has 1 unspecified atom stereocenters. The van der Waals surface area contributed by atoms with Gasteiger partial charge >= 0.3 is 0 Å². The summed E-state index contributed by atoms with van der Waals surface area (Å²) < 4.78 is 25.8. The summed E-state index contributed by atoms with van der Waals surface area (Å²) in [4.78, 5) is 21.2. The van der Waals surface area contributed by atoms with Crippen LogP contribution in [0.3, 0.4) is 0 Å². The minimum Gasteiger partial charge on any atom is -0.337 e. The highest BCUT2D eigenvalue weighted by Crippen LogP contribution is 2.41. The fourth-order valence-electron chi connectivity index (χ4n) is 4.23. The molecule has 3 aromatic rings. The number of sulfone groups is 1. The van der Waals surface area contributed by atoms with Crippen molar-refractivity contribution in [3.8, 4) is 0 Å². The maximum absolute atomic E-state index is 13.4. The second kappa shape index (κ2) is 7.16. The number of nitrogens with zero attached hydrogens (tertiary/aromatic N) is 4. The molecule has 0 bridgehead atoms. The number of carbonyl (C=O) groups is 1. The number of rotatable bonds is 5. The molecule has 2 fully saturated rings. The van der Waals surface area contributed by atoms with Gasteiger partial charge in [0.15, 0.2) is 15.5 Å². The molecule has 9 heteroatoms. The molecule has 7 nitrogen and oxygen atoms in total. The van der Waals surface area contributed by atoms with E-state index < -0.39 is 9.84 Å². The molecular weight excluding hydrogens is 420 g/mol. The summed E-state index contributed by atoms with van der Waals surface area (Å²) in [5.74, 6) is 0.578. The molecule has 3 aromatic heterocycles. The van der Waals surface area contributed by atoms with E-state index in [1.54, 1.807) is 20.9 Å². The molecule has 0 N–H and O–H groups in total. The highest BCUT2D eigenvalue weighted by molar-refractivity contribution is 7.91. The first kappa shape index (κ1) is 19.7. The Morgan fingerprint density at radius 2 is 2.13 bits per heavy atom. The summed E-state index contributed by atoms with van der Waals surface area (Å²) in [5, 5.41) is 7.41. The molecule has 1 saturated heterocycles. The predicted octanol–water partition coefficient (Wildman–Crippen LogP) is 3.31. The Bertz CT molecular complexity index is 1230. The van der Waals surface area contributed by atoms with Crippen LogP contribution in [0, 0.1) is 6.92 Å². The van der Waals surface area contributed by atoms with E-state index in [9.17, 15) is 13.2 Å². The van der Waals surface area contributed by atoms with E-state index in [1.807, 2.05) is 37.6 Å². The molecule has 0 aromatic carbocycles. The zero-order valence-corrected chi connectivity index (χ0v) is 18.7. The van der Waals surface area contributed by atoms with E-state index in [0.717, 1.165) is 34.5 Å². The van der Waals surface area contributed by atoms with Crippen LogP contribution in [-0.4, -0.2) is 52.5 Å². The fraction of sp³-hybridized carbons (Fsp3) is 0.476. The third-order valence-electron chi connectivity index (χ3n) is 5.96. The minimum atomic E-state index is -3.05. The lowest BCUT2D eigenvalue weighted by Gasteiger charge is -2.18. The van der Waals surface area contributed by atoms with Gasteiger partial charge in [-0.2, -0.15) is 5.10 Å². The number of amides is 1. The van der Waals surface area contributed by atoms with Crippen LogP contribution in [0.15, 0.2) is 23.6 Å². The number of pyridine rings is 1. The van der Waals surface area contributed by atoms with Crippen molar-refractivity contribution in [1.29, 1.82) is 0 Å². The van der Waals surface area contributed by atoms with Gasteiger partial charge in [0.1, 0.15) is 0 Å². The van der Waals surface area contributed by atoms with E-state index in [0.29, 0.717) is 30.1 Å². The molecule has 158 valence electrons. The number of fused-ring (bicyclic) bond motifs is 1. The SMILES string of the molecule is Cc1nn(C2CCS(=O)(=O)C2)c2nc(C3CC3)cc(C(=O)N(C)Cc3cccs3)c12. The van der Waals surface area contributed by atoms with Gasteiger partial charge in [0.25, 0.3) is 5.91 Å². The Labute approximate surface area is 179 Å². The van der Waals surface area contributed by atoms with Crippen molar-refractivity contribution in [2.75, 3.05) is 18.6 Å². The maximum atomic E-state index is 13.4. The molecular formula is C21H24N4O3S2. The standard InChI is InChI=1S/C21H24N4O3S2/c1-13-19-17(21(26)24(2)11-16-4-3-8-29-16)10-18(14-5-6-14)22-20(19)25(23-13)15-7-9-30(27,28)12-15/h3-4,8,10,14-15H,5-7,9,11-12H2,1-2H3. The van der Waals surface area contributed by atoms with E-state index >= 15 is 0 Å². The number of hydrogen-bond donors (Lipinski definition) is 0. The summed E-state index contributed by atoms with van der Waals surface area (Å²) in [5.41, 5.74) is 2.90. The van der Waals surface area contributed by atoms with Crippen molar-refractivity contribution in [2.45, 2.75) is 44.7 Å². The van der Waals surface area contributed by atoms with Gasteiger partial charge in [-0.15, -0.1) is 11.3 Å². The van der Waals surface area contributed by atoms with Crippen LogP contribution >= 0.6 is 11.3 Å². The van der Waals surface area contributed by atoms with Crippen molar-refractivity contribution < 1.29 is 13.2 Å². The molecule has 2 aliphatic rings. The van der Waals surface area contributed by atoms with Crippen LogP contribution in [0.5, 0.6) is 0 Å². The topological polar surface area (TPSA) is 85.2 Å². The van der Waals surface area contributed by atoms with Crippen LogP contribution < -0.4 is 0 Å². The quantitative estimate of drug-likeness (QED) is 0.603. The average molecular weight is 445 g/mol. The van der Waals surface area contributed by atoms with Crippen molar-refractivity contribution in [3.05, 3.63) is 45.4 Å². The number of carbonyl (C=O) groups excluding carboxylic acids is 1. The largest absolute Gasteiger partial charge is 0.337 e. The second-order valence-corrected chi connectivity index (χ2v) is 11.7. The molecule has 4 heterocycles. The van der Waals surface area contributed by atoms with Crippen molar-refractivity contribution >= 4 is 38.1 Å². The summed E-state index contributed by atoms with van der Waals surface area (Å²) in [6, 6.07) is 5.71. The van der Waals surface area contributed by atoms with Gasteiger partial charge < -0.3 is 4.90 Å². The molecule has 1 aliphatic carbocycles. The Hall–Kier alpha value is -2.26. The highest BCUT2D eigenvalue weighted by Gasteiger charge is 2.34. The first-order chi connectivity index (χ1) is 14.3. The Morgan fingerprint density at radius 1 is 1.33 bits per heavy atom. The van der Waals surface area contributed by atoms with E-state index in [2.05, 4.69) is 5.10 Å². The summed E-state index contributed by atoms with van der Waals surface area (Å²) in [6.45, 7) is 2.42. The van der Waals surface area contributed by atoms with Crippen LogP contribution in [0.25, 0.3) is 11.0 Å². The lowest BCUT2D eigenvalue weighted by atomic mass is 10.1. The van der Waals surface area contributed by atoms with E-state index in [1.165, 1.54) is 0 Å². The smallest absolute Gasteiger partial charge is 0.254 e. The van der Waals surface area contributed by atoms with Gasteiger partial charge in [-0.3, -0.25) is 4.79 Å². The fourth-order valence-corrected chi connectivity index (χ4v) is 6.68. The first-order valence-corrected chi connectivity index (χ1v) is 12.9. The highest BCUT2D eigenvalue weighted by atomic mass is 32.2. The molecule has 0 spiro atoms. The third-order valence-corrected chi connectivity index (χ3v) is 8.57. The van der Waals surface area contributed by atoms with Crippen molar-refractivity contribution in [1.82, 2.24) is 19.7 Å². The van der Waals surface area contributed by atoms with Gasteiger partial charge in [-0.1, -0.05) is 6.07 Å². The molecule has 1 amide bonds. The lowest BCUT2D eigenvalue weighted by molar-refractivity contribution is 0.0788. The number of hydrogen-bond acceptors (Lipinski definition) is 6. The first-order valence-electron chi connectivity index (χ1n) is 10.2. The lowest BCUT2D eigenvalue weighted by Crippen LogP contribution is -2.26. The second-order valence-electron chi connectivity index (χ2n) is 8.39. The summed E-state index contributed by atoms with van der Waals surface area (Å²) >= 11 is 1.63. The van der Waals surface area contributed by atoms with Gasteiger partial charge in [0, 0.05) is 23.5 Å². The zero-order chi connectivity index (χ0) is 21.0. The van der Waals surface area contributed by atoms with Crippen molar-refractivity contribution in [3.63, 3.8) is 0 Å². The minimum absolute atomic E-state index is 0.0561. The van der Waals surface area contributed by atoms with Gasteiger partial charge in [0.05, 0.1) is 40.7 Å². The van der Waals surface area contributed by atoms with Gasteiger partial charge in [-0.05, 0) is 43.7 Å². The monoisotopic (exact) mass is 444 g/mol. The Kier molecular flexibility index (Phi) is 4.70. The molecule has 30 heavy (non-hydrogen) atoms. The summed E-state index contributed by atoms with van der Waals surface area (Å²) in [7, 11) is -1.23. The molecule has 1 atom stereocenters. The number of aromatic nitrogens is 3. The average Bonchev–Trinajstić information content (AvgIpc) is 3.17. The molecule has 1 aliphatic heterocycles. The number of aryl methyl sites for hydroxylation is 1. The predicted molar refractivity (Wildman–Crippen MR) is 117 cm³/mol. The summed E-state index contributed by atoms with van der Waals surface area (Å²) in [6.07, 6.45) is 2.68. The Balaban J connectivity index is 1.60. The van der Waals surface area contributed by atoms with Gasteiger partial charge in [0.2, 0.25) is 0 Å². The number of thiophene rings is 1. The van der Waals surface area contributed by atoms with Crippen LogP contribution in [0.2, 0.25) is 0 Å².